The van der Waals surface area contributed by atoms with Gasteiger partial charge in [0.15, 0.2) is 0 Å². The van der Waals surface area contributed by atoms with Crippen LogP contribution in [0.15, 0.2) is 48.5 Å². The number of hydrogen-bond acceptors (Lipinski definition) is 4. The number of nitrogens with one attached hydrogen (secondary N) is 2. The summed E-state index contributed by atoms with van der Waals surface area (Å²) in [6, 6.07) is 12.0. The van der Waals surface area contributed by atoms with E-state index in [0.29, 0.717) is 11.6 Å². The van der Waals surface area contributed by atoms with Crippen LogP contribution in [-0.4, -0.2) is 22.8 Å². The summed E-state index contributed by atoms with van der Waals surface area (Å²) in [6.45, 7) is 5.71. The molecule has 0 aliphatic heterocycles. The van der Waals surface area contributed by atoms with Gasteiger partial charge in [0.05, 0.1) is 4.92 Å². The van der Waals surface area contributed by atoms with E-state index in [1.165, 1.54) is 24.3 Å². The fraction of sp³-hybridized carbons (Fsp3) is 0.263. The van der Waals surface area contributed by atoms with Crippen molar-refractivity contribution in [2.24, 2.45) is 0 Å². The van der Waals surface area contributed by atoms with Gasteiger partial charge in [-0.3, -0.25) is 19.7 Å². The highest BCUT2D eigenvalue weighted by atomic mass is 16.6. The van der Waals surface area contributed by atoms with Crippen molar-refractivity contribution in [1.82, 2.24) is 5.32 Å². The molecule has 2 aromatic rings. The van der Waals surface area contributed by atoms with Gasteiger partial charge in [-0.05, 0) is 36.6 Å². The lowest BCUT2D eigenvalue weighted by atomic mass is 10.0. The van der Waals surface area contributed by atoms with E-state index in [4.69, 9.17) is 0 Å². The molecule has 26 heavy (non-hydrogen) atoms. The summed E-state index contributed by atoms with van der Waals surface area (Å²) in [5.74, 6) is -0.527. The van der Waals surface area contributed by atoms with Crippen molar-refractivity contribution in [3.63, 3.8) is 0 Å². The van der Waals surface area contributed by atoms with Crippen LogP contribution in [-0.2, 0) is 4.79 Å². The highest BCUT2D eigenvalue weighted by Gasteiger charge is 2.18. The van der Waals surface area contributed by atoms with E-state index in [-0.39, 0.29) is 17.2 Å². The van der Waals surface area contributed by atoms with Gasteiger partial charge >= 0.3 is 0 Å². The van der Waals surface area contributed by atoms with Crippen molar-refractivity contribution in [3.8, 4) is 0 Å². The third kappa shape index (κ3) is 4.89. The highest BCUT2D eigenvalue weighted by Crippen LogP contribution is 2.17. The smallest absolute Gasteiger partial charge is 0.270 e. The molecule has 0 aromatic heterocycles. The van der Waals surface area contributed by atoms with Crippen molar-refractivity contribution in [3.05, 3.63) is 69.8 Å². The molecule has 0 unspecified atom stereocenters. The Morgan fingerprint density at radius 3 is 2.27 bits per heavy atom. The number of nitrogens with zero attached hydrogens (tertiary/aromatic N) is 1. The van der Waals surface area contributed by atoms with E-state index in [1.807, 2.05) is 24.3 Å². The first kappa shape index (κ1) is 19.1. The summed E-state index contributed by atoms with van der Waals surface area (Å²) in [4.78, 5) is 34.6. The summed E-state index contributed by atoms with van der Waals surface area (Å²) >= 11 is 0. The minimum atomic E-state index is -0.800. The van der Waals surface area contributed by atoms with E-state index < -0.39 is 16.9 Å². The van der Waals surface area contributed by atoms with Crippen LogP contribution in [0.1, 0.15) is 42.6 Å². The minimum Gasteiger partial charge on any atom is -0.341 e. The Balaban J connectivity index is 1.98. The van der Waals surface area contributed by atoms with Crippen molar-refractivity contribution in [2.45, 2.75) is 32.7 Å². The molecule has 2 rings (SSSR count). The summed E-state index contributed by atoms with van der Waals surface area (Å²) in [5.41, 5.74) is 1.74. The number of non-ortho nitro benzene ring substituents is 1. The Morgan fingerprint density at radius 1 is 1.04 bits per heavy atom. The zero-order valence-electron chi connectivity index (χ0n) is 14.9. The maximum Gasteiger partial charge on any atom is 0.270 e. The zero-order valence-corrected chi connectivity index (χ0v) is 14.9. The maximum atomic E-state index is 12.2. The maximum absolute atomic E-state index is 12.2. The molecule has 0 saturated carbocycles. The largest absolute Gasteiger partial charge is 0.341 e. The number of nitro benzene ring substituents is 1. The number of benzene rings is 2. The fourth-order valence-electron chi connectivity index (χ4n) is 2.31. The molecule has 136 valence electrons. The molecule has 7 heteroatoms. The molecule has 2 amide bonds. The highest BCUT2D eigenvalue weighted by molar-refractivity contribution is 6.01. The van der Waals surface area contributed by atoms with Gasteiger partial charge in [0, 0.05) is 23.4 Å². The number of amides is 2. The number of carbonyl (C=O) groups is 2. The van der Waals surface area contributed by atoms with Crippen LogP contribution in [0.25, 0.3) is 0 Å². The number of carbonyl (C=O) groups excluding carboxylic acids is 2. The van der Waals surface area contributed by atoms with Gasteiger partial charge < -0.3 is 10.6 Å². The van der Waals surface area contributed by atoms with Crippen LogP contribution in [0, 0.1) is 10.1 Å². The predicted molar refractivity (Wildman–Crippen MR) is 99.2 cm³/mol. The fourth-order valence-corrected chi connectivity index (χ4v) is 2.31. The first-order valence-electron chi connectivity index (χ1n) is 8.24. The Labute approximate surface area is 151 Å². The van der Waals surface area contributed by atoms with Crippen LogP contribution in [0.4, 0.5) is 11.4 Å². The molecule has 0 radical (unpaired) electrons. The third-order valence-electron chi connectivity index (χ3n) is 3.90. The average molecular weight is 355 g/mol. The van der Waals surface area contributed by atoms with Crippen LogP contribution in [0.3, 0.4) is 0 Å². The standard InChI is InChI=1S/C19H21N3O4/c1-12(2)14-7-9-16(10-8-14)21-18(23)13(3)20-19(24)15-5-4-6-17(11-15)22(25)26/h4-13H,1-3H3,(H,20,24)(H,21,23)/t13-/m0/s1. The predicted octanol–water partition coefficient (Wildman–Crippen LogP) is 3.48. The normalized spacial score (nSPS) is 11.7. The molecule has 2 aromatic carbocycles. The van der Waals surface area contributed by atoms with Crippen molar-refractivity contribution in [2.75, 3.05) is 5.32 Å². The van der Waals surface area contributed by atoms with Gasteiger partial charge in [-0.1, -0.05) is 32.0 Å². The average Bonchev–Trinajstić information content (AvgIpc) is 2.62. The van der Waals surface area contributed by atoms with E-state index in [9.17, 15) is 19.7 Å². The SMILES string of the molecule is CC(C)c1ccc(NC(=O)[C@H](C)NC(=O)c2cccc([N+](=O)[O-])c2)cc1. The minimum absolute atomic E-state index is 0.125. The van der Waals surface area contributed by atoms with Crippen LogP contribution < -0.4 is 10.6 Å². The molecule has 7 nitrogen and oxygen atoms in total. The Bertz CT molecular complexity index is 816. The Morgan fingerprint density at radius 2 is 1.69 bits per heavy atom. The summed E-state index contributed by atoms with van der Waals surface area (Å²) in [6.07, 6.45) is 0. The van der Waals surface area contributed by atoms with Gasteiger partial charge in [0.1, 0.15) is 6.04 Å². The van der Waals surface area contributed by atoms with E-state index in [0.717, 1.165) is 5.56 Å². The molecule has 0 fully saturated rings. The van der Waals surface area contributed by atoms with Crippen LogP contribution in [0.2, 0.25) is 0 Å². The van der Waals surface area contributed by atoms with Gasteiger partial charge in [-0.25, -0.2) is 0 Å². The lowest BCUT2D eigenvalue weighted by molar-refractivity contribution is -0.384. The summed E-state index contributed by atoms with van der Waals surface area (Å²) in [5, 5.41) is 16.1. The molecule has 0 bridgehead atoms. The number of anilines is 1. The molecule has 1 atom stereocenters. The molecule has 0 aliphatic rings. The Kier molecular flexibility index (Phi) is 6.06. The first-order valence-corrected chi connectivity index (χ1v) is 8.24. The van der Waals surface area contributed by atoms with Crippen molar-refractivity contribution < 1.29 is 14.5 Å². The molecule has 0 spiro atoms. The topological polar surface area (TPSA) is 101 Å². The van der Waals surface area contributed by atoms with E-state index in [2.05, 4.69) is 24.5 Å². The lowest BCUT2D eigenvalue weighted by Crippen LogP contribution is -2.41. The van der Waals surface area contributed by atoms with Gasteiger partial charge in [-0.2, -0.15) is 0 Å². The number of rotatable bonds is 6. The van der Waals surface area contributed by atoms with Crippen molar-refractivity contribution >= 4 is 23.2 Å². The first-order chi connectivity index (χ1) is 12.3. The molecule has 0 heterocycles. The Hall–Kier alpha value is -3.22. The zero-order chi connectivity index (χ0) is 19.3. The van der Waals surface area contributed by atoms with Crippen LogP contribution in [0.5, 0.6) is 0 Å². The summed E-state index contributed by atoms with van der Waals surface area (Å²) < 4.78 is 0. The van der Waals surface area contributed by atoms with Gasteiger partial charge in [0.25, 0.3) is 11.6 Å². The molecule has 2 N–H and O–H groups in total. The summed E-state index contributed by atoms with van der Waals surface area (Å²) in [7, 11) is 0. The molecule has 0 aliphatic carbocycles. The molecular formula is C19H21N3O4. The van der Waals surface area contributed by atoms with Gasteiger partial charge in [-0.15, -0.1) is 0 Å². The van der Waals surface area contributed by atoms with Gasteiger partial charge in [0.2, 0.25) is 5.91 Å². The second-order valence-electron chi connectivity index (χ2n) is 6.27. The molecule has 0 saturated heterocycles. The van der Waals surface area contributed by atoms with Crippen LogP contribution >= 0.6 is 0 Å². The lowest BCUT2D eigenvalue weighted by Gasteiger charge is -2.15. The monoisotopic (exact) mass is 355 g/mol. The second kappa shape index (κ2) is 8.24. The third-order valence-corrected chi connectivity index (χ3v) is 3.90. The van der Waals surface area contributed by atoms with E-state index >= 15 is 0 Å². The van der Waals surface area contributed by atoms with Crippen molar-refractivity contribution in [1.29, 1.82) is 0 Å². The van der Waals surface area contributed by atoms with E-state index in [1.54, 1.807) is 6.92 Å². The molecular weight excluding hydrogens is 334 g/mol. The number of nitro groups is 1. The quantitative estimate of drug-likeness (QED) is 0.612. The second-order valence-corrected chi connectivity index (χ2v) is 6.27. The number of hydrogen-bond donors (Lipinski definition) is 2.